The number of aromatic nitrogens is 1. The smallest absolute Gasteiger partial charge is 0.123 e. The van der Waals surface area contributed by atoms with E-state index >= 15 is 0 Å². The highest BCUT2D eigenvalue weighted by molar-refractivity contribution is 5.29. The van der Waals surface area contributed by atoms with Crippen molar-refractivity contribution in [2.75, 3.05) is 0 Å². The molecule has 1 aliphatic carbocycles. The molecule has 1 aliphatic rings. The molecule has 0 saturated carbocycles. The average molecular weight is 259 g/mol. The summed E-state index contributed by atoms with van der Waals surface area (Å²) in [7, 11) is 0. The quantitative estimate of drug-likeness (QED) is 0.821. The van der Waals surface area contributed by atoms with Crippen LogP contribution >= 0.6 is 0 Å². The third-order valence-electron chi connectivity index (χ3n) is 3.78. The molecule has 19 heavy (non-hydrogen) atoms. The van der Waals surface area contributed by atoms with Crippen LogP contribution in [0.15, 0.2) is 36.7 Å². The lowest BCUT2D eigenvalue weighted by Gasteiger charge is -2.06. The Morgan fingerprint density at radius 1 is 1.26 bits per heavy atom. The number of fused-ring (bicyclic) bond motifs is 1. The van der Waals surface area contributed by atoms with Crippen LogP contribution in [0.4, 0.5) is 4.39 Å². The van der Waals surface area contributed by atoms with Gasteiger partial charge in [0.2, 0.25) is 0 Å². The van der Waals surface area contributed by atoms with Gasteiger partial charge in [-0.3, -0.25) is 0 Å². The van der Waals surface area contributed by atoms with Crippen LogP contribution in [-0.2, 0) is 13.0 Å². The minimum Gasteiger partial charge on any atom is -0.388 e. The van der Waals surface area contributed by atoms with E-state index in [9.17, 15) is 9.50 Å². The van der Waals surface area contributed by atoms with E-state index in [1.165, 1.54) is 11.6 Å². The minimum absolute atomic E-state index is 0.203. The third kappa shape index (κ3) is 2.71. The number of halogens is 1. The summed E-state index contributed by atoms with van der Waals surface area (Å²) < 4.78 is 15.2. The van der Waals surface area contributed by atoms with Gasteiger partial charge in [-0.25, -0.2) is 4.39 Å². The predicted octanol–water partition coefficient (Wildman–Crippen LogP) is 3.44. The first-order valence-electron chi connectivity index (χ1n) is 6.83. The van der Waals surface area contributed by atoms with Crippen molar-refractivity contribution in [1.82, 2.24) is 4.57 Å². The topological polar surface area (TPSA) is 25.2 Å². The Labute approximate surface area is 112 Å². The van der Waals surface area contributed by atoms with Gasteiger partial charge >= 0.3 is 0 Å². The molecule has 0 bridgehead atoms. The van der Waals surface area contributed by atoms with Gasteiger partial charge in [0.15, 0.2) is 0 Å². The Balaban J connectivity index is 1.85. The van der Waals surface area contributed by atoms with Crippen molar-refractivity contribution in [3.63, 3.8) is 0 Å². The van der Waals surface area contributed by atoms with Crippen molar-refractivity contribution in [2.45, 2.75) is 38.3 Å². The van der Waals surface area contributed by atoms with E-state index in [1.807, 2.05) is 16.8 Å². The second-order valence-corrected chi connectivity index (χ2v) is 5.30. The Morgan fingerprint density at radius 3 is 3.00 bits per heavy atom. The summed E-state index contributed by atoms with van der Waals surface area (Å²) in [5.74, 6) is -0.203. The Hall–Kier alpha value is -1.61. The molecule has 0 saturated heterocycles. The molecule has 3 heteroatoms. The summed E-state index contributed by atoms with van der Waals surface area (Å²) in [6.45, 7) is 0.650. The summed E-state index contributed by atoms with van der Waals surface area (Å²) in [4.78, 5) is 0. The van der Waals surface area contributed by atoms with E-state index in [0.29, 0.717) is 6.54 Å². The molecule has 0 radical (unpaired) electrons. The summed E-state index contributed by atoms with van der Waals surface area (Å²) in [6, 6.07) is 6.67. The lowest BCUT2D eigenvalue weighted by molar-refractivity contribution is 0.166. The number of aliphatic hydroxyl groups excluding tert-OH is 1. The van der Waals surface area contributed by atoms with Gasteiger partial charge in [0.25, 0.3) is 0 Å². The molecule has 100 valence electrons. The highest BCUT2D eigenvalue weighted by Gasteiger charge is 2.18. The number of hydrogen-bond acceptors (Lipinski definition) is 1. The van der Waals surface area contributed by atoms with Crippen LogP contribution < -0.4 is 0 Å². The molecule has 1 N–H and O–H groups in total. The Bertz CT molecular complexity index is 576. The van der Waals surface area contributed by atoms with Crippen LogP contribution in [0.3, 0.4) is 0 Å². The summed E-state index contributed by atoms with van der Waals surface area (Å²) in [6.07, 6.45) is 7.85. The average Bonchev–Trinajstić information content (AvgIpc) is 2.70. The number of aliphatic hydroxyl groups is 1. The zero-order valence-electron chi connectivity index (χ0n) is 10.8. The molecule has 1 atom stereocenters. The van der Waals surface area contributed by atoms with Crippen LogP contribution in [-0.4, -0.2) is 9.67 Å². The second-order valence-electron chi connectivity index (χ2n) is 5.30. The van der Waals surface area contributed by atoms with Gasteiger partial charge in [0.05, 0.1) is 6.10 Å². The maximum absolute atomic E-state index is 13.2. The summed E-state index contributed by atoms with van der Waals surface area (Å²) >= 11 is 0. The van der Waals surface area contributed by atoms with Crippen LogP contribution in [0.25, 0.3) is 0 Å². The van der Waals surface area contributed by atoms with E-state index in [4.69, 9.17) is 0 Å². The number of nitrogens with zero attached hydrogens (tertiary/aromatic N) is 1. The summed E-state index contributed by atoms with van der Waals surface area (Å²) in [5.41, 5.74) is 3.23. The second kappa shape index (κ2) is 5.17. The van der Waals surface area contributed by atoms with Crippen LogP contribution in [0.5, 0.6) is 0 Å². The lowest BCUT2D eigenvalue weighted by Crippen LogP contribution is -1.98. The monoisotopic (exact) mass is 259 g/mol. The number of aryl methyl sites for hydroxylation is 1. The molecular formula is C16H18FNO. The molecule has 2 aromatic rings. The van der Waals surface area contributed by atoms with Crippen LogP contribution in [0.1, 0.15) is 42.1 Å². The largest absolute Gasteiger partial charge is 0.388 e. The zero-order valence-corrected chi connectivity index (χ0v) is 10.8. The number of hydrogen-bond donors (Lipinski definition) is 1. The van der Waals surface area contributed by atoms with E-state index in [0.717, 1.165) is 36.8 Å². The zero-order chi connectivity index (χ0) is 13.2. The van der Waals surface area contributed by atoms with Crippen molar-refractivity contribution < 1.29 is 9.50 Å². The van der Waals surface area contributed by atoms with Crippen molar-refractivity contribution >= 4 is 0 Å². The van der Waals surface area contributed by atoms with E-state index in [-0.39, 0.29) is 11.9 Å². The maximum Gasteiger partial charge on any atom is 0.123 e. The molecule has 0 fully saturated rings. The highest BCUT2D eigenvalue weighted by atomic mass is 19.1. The first kappa shape index (κ1) is 12.4. The molecule has 1 aromatic carbocycles. The standard InChI is InChI=1S/C16H18FNO/c17-14-6-3-4-12(8-14)9-18-10-13-5-1-2-7-16(19)15(13)11-18/h3-4,6,8,10-11,16,19H,1-2,5,7,9H2. The molecule has 0 aliphatic heterocycles. The van der Waals surface area contributed by atoms with Crippen molar-refractivity contribution in [2.24, 2.45) is 0 Å². The van der Waals surface area contributed by atoms with Gasteiger partial charge in [-0.15, -0.1) is 0 Å². The van der Waals surface area contributed by atoms with E-state index < -0.39 is 0 Å². The molecule has 0 spiro atoms. The molecule has 0 amide bonds. The molecular weight excluding hydrogens is 241 g/mol. The van der Waals surface area contributed by atoms with E-state index in [2.05, 4.69) is 6.20 Å². The Kier molecular flexibility index (Phi) is 3.38. The predicted molar refractivity (Wildman–Crippen MR) is 72.4 cm³/mol. The van der Waals surface area contributed by atoms with Gasteiger partial charge in [-0.1, -0.05) is 18.6 Å². The summed E-state index contributed by atoms with van der Waals surface area (Å²) in [5, 5.41) is 10.1. The van der Waals surface area contributed by atoms with Gasteiger partial charge < -0.3 is 9.67 Å². The van der Waals surface area contributed by atoms with E-state index in [1.54, 1.807) is 12.1 Å². The number of rotatable bonds is 2. The molecule has 3 rings (SSSR count). The SMILES string of the molecule is OC1CCCCc2cn(Cc3cccc(F)c3)cc21. The Morgan fingerprint density at radius 2 is 2.16 bits per heavy atom. The van der Waals surface area contributed by atoms with Crippen LogP contribution in [0.2, 0.25) is 0 Å². The first-order valence-corrected chi connectivity index (χ1v) is 6.83. The highest BCUT2D eigenvalue weighted by Crippen LogP contribution is 2.29. The van der Waals surface area contributed by atoms with Gasteiger partial charge in [-0.05, 0) is 42.5 Å². The third-order valence-corrected chi connectivity index (χ3v) is 3.78. The lowest BCUT2D eigenvalue weighted by atomic mass is 10.1. The molecule has 1 heterocycles. The maximum atomic E-state index is 13.2. The fourth-order valence-electron chi connectivity index (χ4n) is 2.83. The van der Waals surface area contributed by atoms with Gasteiger partial charge in [-0.2, -0.15) is 0 Å². The molecule has 1 aromatic heterocycles. The fourth-order valence-corrected chi connectivity index (χ4v) is 2.83. The first-order chi connectivity index (χ1) is 9.22. The normalized spacial score (nSPS) is 18.9. The van der Waals surface area contributed by atoms with Crippen molar-refractivity contribution in [3.8, 4) is 0 Å². The minimum atomic E-state index is -0.341. The molecule has 1 unspecified atom stereocenters. The number of benzene rings is 1. The van der Waals surface area contributed by atoms with Crippen LogP contribution in [0, 0.1) is 5.82 Å². The fraction of sp³-hybridized carbons (Fsp3) is 0.375. The van der Waals surface area contributed by atoms with Crippen molar-refractivity contribution in [1.29, 1.82) is 0 Å². The molecule has 2 nitrogen and oxygen atoms in total. The van der Waals surface area contributed by atoms with Gasteiger partial charge in [0.1, 0.15) is 5.82 Å². The van der Waals surface area contributed by atoms with Crippen molar-refractivity contribution in [3.05, 3.63) is 59.2 Å². The van der Waals surface area contributed by atoms with Gasteiger partial charge in [0, 0.05) is 24.5 Å².